The second-order valence-corrected chi connectivity index (χ2v) is 2.41. The van der Waals surface area contributed by atoms with Crippen molar-refractivity contribution < 1.29 is 15.3 Å². The molecule has 4 nitrogen and oxygen atoms in total. The van der Waals surface area contributed by atoms with Crippen molar-refractivity contribution in [1.82, 2.24) is 4.90 Å². The lowest BCUT2D eigenvalue weighted by Gasteiger charge is -2.12. The predicted molar refractivity (Wildman–Crippen MR) is 48.6 cm³/mol. The van der Waals surface area contributed by atoms with Crippen molar-refractivity contribution in [2.75, 3.05) is 33.9 Å². The molecule has 0 radical (unpaired) electrons. The van der Waals surface area contributed by atoms with Gasteiger partial charge < -0.3 is 4.74 Å². The average Bonchev–Trinajstić information content (AvgIpc) is 2.01. The van der Waals surface area contributed by atoms with Gasteiger partial charge >= 0.3 is 5.91 Å². The lowest BCUT2D eigenvalue weighted by atomic mass is 10.5. The minimum absolute atomic E-state index is 0.00120. The highest BCUT2D eigenvalue weighted by molar-refractivity contribution is 5.66. The fourth-order valence-corrected chi connectivity index (χ4v) is 0.697. The Morgan fingerprint density at radius 3 is 1.75 bits per heavy atom. The first-order valence-electron chi connectivity index (χ1n) is 4.09. The number of amides is 1. The third-order valence-electron chi connectivity index (χ3n) is 1.29. The molecule has 0 saturated heterocycles. The van der Waals surface area contributed by atoms with Crippen molar-refractivity contribution in [2.24, 2.45) is 0 Å². The predicted octanol–water partition coefficient (Wildman–Crippen LogP) is -0.641. The maximum atomic E-state index is 10.4. The fraction of sp³-hybridized carbons (Fsp3) is 0.875. The lowest BCUT2D eigenvalue weighted by molar-refractivity contribution is -0.306. The first-order valence-corrected chi connectivity index (χ1v) is 4.09. The maximum absolute atomic E-state index is 10.4. The van der Waals surface area contributed by atoms with Crippen LogP contribution < -0.4 is 5.73 Å². The zero-order chi connectivity index (χ0) is 9.98. The molecule has 0 atom stereocenters. The number of nitrogens with zero attached hydrogens (tertiary/aromatic N) is 1. The minimum Gasteiger partial charge on any atom is -0.388 e. The van der Waals surface area contributed by atoms with Crippen LogP contribution in [0.25, 0.3) is 0 Å². The van der Waals surface area contributed by atoms with E-state index in [9.17, 15) is 4.79 Å². The van der Waals surface area contributed by atoms with Crippen LogP contribution in [-0.4, -0.2) is 44.7 Å². The molecule has 3 N–H and O–H groups in total. The van der Waals surface area contributed by atoms with E-state index in [1.165, 1.54) is 0 Å². The molecule has 0 aromatic carbocycles. The molecule has 0 heterocycles. The highest BCUT2D eigenvalue weighted by atomic mass is 16.4. The summed E-state index contributed by atoms with van der Waals surface area (Å²) in [5.41, 5.74) is 3.29. The van der Waals surface area contributed by atoms with Crippen LogP contribution in [0.5, 0.6) is 0 Å². The van der Waals surface area contributed by atoms with Crippen LogP contribution in [0.1, 0.15) is 13.8 Å². The lowest BCUT2D eigenvalue weighted by Crippen LogP contribution is -2.61. The highest BCUT2D eigenvalue weighted by Gasteiger charge is 2.03. The van der Waals surface area contributed by atoms with Gasteiger partial charge in [-0.25, -0.2) is 4.79 Å². The van der Waals surface area contributed by atoms with Gasteiger partial charge in [0, 0.05) is 14.2 Å². The maximum Gasteiger partial charge on any atom is 0.322 e. The van der Waals surface area contributed by atoms with Gasteiger partial charge in [-0.05, 0) is 13.1 Å². The van der Waals surface area contributed by atoms with Gasteiger partial charge in [0.15, 0.2) is 0 Å². The van der Waals surface area contributed by atoms with Gasteiger partial charge in [0.2, 0.25) is 0 Å². The van der Waals surface area contributed by atoms with E-state index in [2.05, 4.69) is 10.5 Å². The van der Waals surface area contributed by atoms with E-state index < -0.39 is 0 Å². The SMILES string of the molecule is CCN(CC)CC([NH3+])=O.COC. The Labute approximate surface area is 74.7 Å². The first kappa shape index (κ1) is 14.1. The fourth-order valence-electron chi connectivity index (χ4n) is 0.697. The molecule has 0 unspecified atom stereocenters. The van der Waals surface area contributed by atoms with E-state index in [1.807, 2.05) is 18.7 Å². The molecule has 0 aromatic rings. The van der Waals surface area contributed by atoms with Crippen LogP contribution in [-0.2, 0) is 9.53 Å². The van der Waals surface area contributed by atoms with E-state index in [0.29, 0.717) is 6.54 Å². The van der Waals surface area contributed by atoms with Gasteiger partial charge in [-0.15, -0.1) is 0 Å². The number of quaternary nitrogens is 1. The van der Waals surface area contributed by atoms with E-state index in [0.717, 1.165) is 13.1 Å². The molecule has 12 heavy (non-hydrogen) atoms. The summed E-state index contributed by atoms with van der Waals surface area (Å²) in [6.07, 6.45) is 0. The summed E-state index contributed by atoms with van der Waals surface area (Å²) in [5.74, 6) is -0.00120. The standard InChI is InChI=1S/C6H14N2O.C2H6O/c1-3-8(4-2)5-6(7)9;1-3-2/h3-5H2,1-2H3,(H2,7,9);1-2H3/p+1. The van der Waals surface area contributed by atoms with Crippen molar-refractivity contribution in [3.63, 3.8) is 0 Å². The third kappa shape index (κ3) is 12.2. The third-order valence-corrected chi connectivity index (χ3v) is 1.29. The summed E-state index contributed by atoms with van der Waals surface area (Å²) in [6.45, 7) is 6.42. The van der Waals surface area contributed by atoms with Crippen LogP contribution >= 0.6 is 0 Å². The Balaban J connectivity index is 0. The van der Waals surface area contributed by atoms with Gasteiger partial charge in [0.25, 0.3) is 0 Å². The van der Waals surface area contributed by atoms with Gasteiger partial charge in [-0.1, -0.05) is 13.8 Å². The van der Waals surface area contributed by atoms with Gasteiger partial charge in [-0.2, -0.15) is 0 Å². The molecule has 0 saturated carbocycles. The number of likely N-dealkylation sites (N-methyl/N-ethyl adjacent to an activating group) is 1. The second-order valence-electron chi connectivity index (χ2n) is 2.41. The molecule has 0 aliphatic heterocycles. The molecule has 1 amide bonds. The number of carbonyl (C=O) groups excluding carboxylic acids is 1. The average molecular weight is 177 g/mol. The van der Waals surface area contributed by atoms with Crippen molar-refractivity contribution in [2.45, 2.75) is 13.8 Å². The van der Waals surface area contributed by atoms with Crippen LogP contribution in [0.4, 0.5) is 0 Å². The van der Waals surface area contributed by atoms with Crippen molar-refractivity contribution in [1.29, 1.82) is 0 Å². The number of ether oxygens (including phenoxy) is 1. The summed E-state index contributed by atoms with van der Waals surface area (Å²) in [6, 6.07) is 0. The topological polar surface area (TPSA) is 57.2 Å². The van der Waals surface area contributed by atoms with E-state index in [-0.39, 0.29) is 5.91 Å². The zero-order valence-electron chi connectivity index (χ0n) is 8.59. The van der Waals surface area contributed by atoms with Gasteiger partial charge in [-0.3, -0.25) is 10.6 Å². The summed E-state index contributed by atoms with van der Waals surface area (Å²) in [4.78, 5) is 12.5. The monoisotopic (exact) mass is 177 g/mol. The second kappa shape index (κ2) is 10.6. The summed E-state index contributed by atoms with van der Waals surface area (Å²) >= 11 is 0. The molecular weight excluding hydrogens is 156 g/mol. The quantitative estimate of drug-likeness (QED) is 0.621. The highest BCUT2D eigenvalue weighted by Crippen LogP contribution is 1.82. The Hall–Kier alpha value is -0.450. The normalized spacial score (nSPS) is 9.17. The molecular formula is C8H21N2O2+. The van der Waals surface area contributed by atoms with Crippen molar-refractivity contribution in [3.8, 4) is 0 Å². The molecule has 0 rings (SSSR count). The minimum atomic E-state index is -0.00120. The largest absolute Gasteiger partial charge is 0.388 e. The molecule has 0 bridgehead atoms. The van der Waals surface area contributed by atoms with E-state index in [4.69, 9.17) is 0 Å². The zero-order valence-corrected chi connectivity index (χ0v) is 8.59. The molecule has 74 valence electrons. The summed E-state index contributed by atoms with van der Waals surface area (Å²) in [7, 11) is 3.25. The number of hydrogen-bond acceptors (Lipinski definition) is 3. The first-order chi connectivity index (χ1) is 5.62. The Morgan fingerprint density at radius 1 is 1.33 bits per heavy atom. The van der Waals surface area contributed by atoms with Crippen LogP contribution in [0.3, 0.4) is 0 Å². The Bertz CT molecular complexity index is 103. The summed E-state index contributed by atoms with van der Waals surface area (Å²) < 4.78 is 4.25. The molecule has 0 aliphatic rings. The van der Waals surface area contributed by atoms with Crippen LogP contribution in [0.2, 0.25) is 0 Å². The van der Waals surface area contributed by atoms with E-state index >= 15 is 0 Å². The van der Waals surface area contributed by atoms with Crippen LogP contribution in [0.15, 0.2) is 0 Å². The van der Waals surface area contributed by atoms with Gasteiger partial charge in [0.1, 0.15) is 6.54 Å². The van der Waals surface area contributed by atoms with Crippen molar-refractivity contribution in [3.05, 3.63) is 0 Å². The number of rotatable bonds is 4. The molecule has 0 fully saturated rings. The molecule has 0 aliphatic carbocycles. The van der Waals surface area contributed by atoms with E-state index in [1.54, 1.807) is 14.2 Å². The number of carbonyl (C=O) groups is 1. The Kier molecular flexibility index (Phi) is 12.4. The molecule has 0 spiro atoms. The summed E-state index contributed by atoms with van der Waals surface area (Å²) in [5, 5.41) is 0. The smallest absolute Gasteiger partial charge is 0.322 e. The molecule has 0 aromatic heterocycles. The van der Waals surface area contributed by atoms with Gasteiger partial charge in [0.05, 0.1) is 0 Å². The number of hydrogen-bond donors (Lipinski definition) is 1. The Morgan fingerprint density at radius 2 is 1.67 bits per heavy atom. The number of methoxy groups -OCH3 is 1. The van der Waals surface area contributed by atoms with Crippen molar-refractivity contribution >= 4 is 5.91 Å². The molecule has 4 heteroatoms. The van der Waals surface area contributed by atoms with Crippen LogP contribution in [0, 0.1) is 0 Å².